The van der Waals surface area contributed by atoms with Gasteiger partial charge in [-0.25, -0.2) is 4.98 Å². The van der Waals surface area contributed by atoms with Gasteiger partial charge in [0.1, 0.15) is 11.0 Å². The van der Waals surface area contributed by atoms with Gasteiger partial charge >= 0.3 is 0 Å². The maximum absolute atomic E-state index is 9.72. The van der Waals surface area contributed by atoms with Crippen molar-refractivity contribution in [3.05, 3.63) is 17.5 Å². The average Bonchev–Trinajstić information content (AvgIpc) is 2.51. The van der Waals surface area contributed by atoms with E-state index in [0.29, 0.717) is 17.2 Å². The summed E-state index contributed by atoms with van der Waals surface area (Å²) in [7, 11) is 0. The molecule has 1 N–H and O–H groups in total. The van der Waals surface area contributed by atoms with E-state index in [1.54, 1.807) is 12.4 Å². The lowest BCUT2D eigenvalue weighted by molar-refractivity contribution is 0.126. The van der Waals surface area contributed by atoms with Crippen LogP contribution >= 0.6 is 11.6 Å². The van der Waals surface area contributed by atoms with Gasteiger partial charge in [-0.3, -0.25) is 4.98 Å². The Balaban J connectivity index is 1.91. The van der Waals surface area contributed by atoms with Crippen LogP contribution < -0.4 is 4.90 Å². The minimum Gasteiger partial charge on any atom is -0.393 e. The van der Waals surface area contributed by atoms with Gasteiger partial charge in [-0.1, -0.05) is 11.6 Å². The zero-order valence-electron chi connectivity index (χ0n) is 8.88. The molecule has 0 aromatic carbocycles. The number of hydrogen-bond acceptors (Lipinski definition) is 4. The molecule has 2 bridgehead atoms. The van der Waals surface area contributed by atoms with E-state index in [1.165, 1.54) is 0 Å². The minimum absolute atomic E-state index is 0.152. The number of aliphatic hydroxyl groups is 1. The molecule has 86 valence electrons. The first kappa shape index (κ1) is 10.3. The summed E-state index contributed by atoms with van der Waals surface area (Å²) >= 11 is 5.86. The molecule has 16 heavy (non-hydrogen) atoms. The van der Waals surface area contributed by atoms with Crippen molar-refractivity contribution in [2.24, 2.45) is 0 Å². The standard InChI is InChI=1S/C11H14ClN3O/c12-10-5-13-6-11(14-10)15-7-1-2-8(15)4-9(16)3-7/h5-9,16H,1-4H2. The van der Waals surface area contributed by atoms with Crippen LogP contribution in [0.3, 0.4) is 0 Å². The summed E-state index contributed by atoms with van der Waals surface area (Å²) in [5, 5.41) is 10.2. The molecule has 0 saturated carbocycles. The van der Waals surface area contributed by atoms with E-state index in [0.717, 1.165) is 31.5 Å². The van der Waals surface area contributed by atoms with Crippen molar-refractivity contribution in [3.8, 4) is 0 Å². The van der Waals surface area contributed by atoms with E-state index >= 15 is 0 Å². The molecular formula is C11H14ClN3O. The SMILES string of the molecule is OC1CC2CCC(C1)N2c1cncc(Cl)n1. The Bertz CT molecular complexity index is 387. The maximum atomic E-state index is 9.72. The lowest BCUT2D eigenvalue weighted by Gasteiger charge is -2.37. The van der Waals surface area contributed by atoms with Crippen LogP contribution in [0.2, 0.25) is 5.15 Å². The molecule has 2 aliphatic heterocycles. The van der Waals surface area contributed by atoms with Crippen molar-refractivity contribution in [1.29, 1.82) is 0 Å². The van der Waals surface area contributed by atoms with Gasteiger partial charge in [0.05, 0.1) is 18.5 Å². The highest BCUT2D eigenvalue weighted by molar-refractivity contribution is 6.29. The van der Waals surface area contributed by atoms with Crippen molar-refractivity contribution in [2.75, 3.05) is 4.90 Å². The highest BCUT2D eigenvalue weighted by Crippen LogP contribution is 2.38. The second-order valence-corrected chi connectivity index (χ2v) is 5.00. The lowest BCUT2D eigenvalue weighted by atomic mass is 10.0. The van der Waals surface area contributed by atoms with Crippen LogP contribution in [0.25, 0.3) is 0 Å². The summed E-state index contributed by atoms with van der Waals surface area (Å²) in [5.41, 5.74) is 0. The molecule has 2 atom stereocenters. The van der Waals surface area contributed by atoms with Crippen LogP contribution in [-0.2, 0) is 0 Å². The normalized spacial score (nSPS) is 33.1. The average molecular weight is 240 g/mol. The molecule has 1 aromatic heterocycles. The number of rotatable bonds is 1. The predicted molar refractivity (Wildman–Crippen MR) is 61.6 cm³/mol. The first-order valence-electron chi connectivity index (χ1n) is 5.68. The summed E-state index contributed by atoms with van der Waals surface area (Å²) in [6, 6.07) is 0.808. The van der Waals surface area contributed by atoms with E-state index in [1.807, 2.05) is 0 Å². The minimum atomic E-state index is -0.152. The second kappa shape index (κ2) is 3.86. The number of nitrogens with zero attached hydrogens (tertiary/aromatic N) is 3. The van der Waals surface area contributed by atoms with Crippen molar-refractivity contribution in [3.63, 3.8) is 0 Å². The van der Waals surface area contributed by atoms with Gasteiger partial charge in [0, 0.05) is 12.1 Å². The Labute approximate surface area is 99.3 Å². The molecule has 2 saturated heterocycles. The number of piperidine rings is 1. The quantitative estimate of drug-likeness (QED) is 0.809. The number of anilines is 1. The van der Waals surface area contributed by atoms with Crippen molar-refractivity contribution in [2.45, 2.75) is 43.9 Å². The van der Waals surface area contributed by atoms with Gasteiger partial charge in [0.25, 0.3) is 0 Å². The van der Waals surface area contributed by atoms with Crippen molar-refractivity contribution in [1.82, 2.24) is 9.97 Å². The zero-order chi connectivity index (χ0) is 11.1. The first-order valence-corrected chi connectivity index (χ1v) is 6.06. The largest absolute Gasteiger partial charge is 0.393 e. The smallest absolute Gasteiger partial charge is 0.149 e. The Morgan fingerprint density at radius 1 is 1.25 bits per heavy atom. The summed E-state index contributed by atoms with van der Waals surface area (Å²) in [6.45, 7) is 0. The van der Waals surface area contributed by atoms with Gasteiger partial charge in [-0.15, -0.1) is 0 Å². The summed E-state index contributed by atoms with van der Waals surface area (Å²) in [6.07, 6.45) is 7.10. The predicted octanol–water partition coefficient (Wildman–Crippen LogP) is 1.62. The first-order chi connectivity index (χ1) is 7.74. The third kappa shape index (κ3) is 1.66. The van der Waals surface area contributed by atoms with E-state index in [9.17, 15) is 5.11 Å². The molecule has 0 spiro atoms. The Morgan fingerprint density at radius 2 is 1.94 bits per heavy atom. The number of aliphatic hydroxyl groups excluding tert-OH is 1. The van der Waals surface area contributed by atoms with E-state index in [-0.39, 0.29) is 6.10 Å². The van der Waals surface area contributed by atoms with Gasteiger partial charge in [0.2, 0.25) is 0 Å². The highest BCUT2D eigenvalue weighted by Gasteiger charge is 2.40. The molecule has 0 amide bonds. The van der Waals surface area contributed by atoms with Crippen LogP contribution in [0, 0.1) is 0 Å². The lowest BCUT2D eigenvalue weighted by Crippen LogP contribution is -2.45. The van der Waals surface area contributed by atoms with E-state index in [4.69, 9.17) is 11.6 Å². The molecule has 2 aliphatic rings. The Kier molecular flexibility index (Phi) is 2.48. The fourth-order valence-electron chi connectivity index (χ4n) is 2.98. The second-order valence-electron chi connectivity index (χ2n) is 4.62. The Morgan fingerprint density at radius 3 is 2.56 bits per heavy atom. The van der Waals surface area contributed by atoms with Gasteiger partial charge in [0.15, 0.2) is 0 Å². The number of fused-ring (bicyclic) bond motifs is 2. The summed E-state index contributed by atoms with van der Waals surface area (Å²) < 4.78 is 0. The fourth-order valence-corrected chi connectivity index (χ4v) is 3.12. The van der Waals surface area contributed by atoms with Gasteiger partial charge in [-0.2, -0.15) is 0 Å². The van der Waals surface area contributed by atoms with Gasteiger partial charge in [-0.05, 0) is 25.7 Å². The summed E-state index contributed by atoms with van der Waals surface area (Å²) in [5.74, 6) is 0.854. The van der Waals surface area contributed by atoms with Crippen LogP contribution in [0.5, 0.6) is 0 Å². The number of hydrogen-bond donors (Lipinski definition) is 1. The fraction of sp³-hybridized carbons (Fsp3) is 0.636. The molecule has 2 fully saturated rings. The van der Waals surface area contributed by atoms with Crippen LogP contribution in [0.15, 0.2) is 12.4 Å². The summed E-state index contributed by atoms with van der Waals surface area (Å²) in [4.78, 5) is 10.7. The van der Waals surface area contributed by atoms with Gasteiger partial charge < -0.3 is 10.0 Å². The zero-order valence-corrected chi connectivity index (χ0v) is 9.64. The van der Waals surface area contributed by atoms with Crippen molar-refractivity contribution < 1.29 is 5.11 Å². The number of halogens is 1. The van der Waals surface area contributed by atoms with E-state index < -0.39 is 0 Å². The van der Waals surface area contributed by atoms with Crippen molar-refractivity contribution >= 4 is 17.4 Å². The molecule has 4 nitrogen and oxygen atoms in total. The molecular weight excluding hydrogens is 226 g/mol. The van der Waals surface area contributed by atoms with Crippen LogP contribution in [-0.4, -0.2) is 33.3 Å². The van der Waals surface area contributed by atoms with Crippen LogP contribution in [0.1, 0.15) is 25.7 Å². The Hall–Kier alpha value is -0.870. The molecule has 3 heterocycles. The third-order valence-corrected chi connectivity index (χ3v) is 3.75. The number of aromatic nitrogens is 2. The maximum Gasteiger partial charge on any atom is 0.149 e. The molecule has 0 radical (unpaired) electrons. The topological polar surface area (TPSA) is 49.2 Å². The molecule has 0 aliphatic carbocycles. The third-order valence-electron chi connectivity index (χ3n) is 3.57. The molecule has 1 aromatic rings. The molecule has 3 rings (SSSR count). The highest BCUT2D eigenvalue weighted by atomic mass is 35.5. The molecule has 2 unspecified atom stereocenters. The van der Waals surface area contributed by atoms with E-state index in [2.05, 4.69) is 14.9 Å². The molecule has 5 heteroatoms. The monoisotopic (exact) mass is 239 g/mol. The van der Waals surface area contributed by atoms with Crippen LogP contribution in [0.4, 0.5) is 5.82 Å².